The summed E-state index contributed by atoms with van der Waals surface area (Å²) in [6, 6.07) is -1.30. The fraction of sp³-hybridized carbons (Fsp3) is 0.586. The van der Waals surface area contributed by atoms with E-state index in [1.807, 2.05) is 13.8 Å². The van der Waals surface area contributed by atoms with E-state index in [0.29, 0.717) is 30.5 Å². The Balaban J connectivity index is 1.30. The fourth-order valence-electron chi connectivity index (χ4n) is 6.20. The normalized spacial score (nSPS) is 24.3. The van der Waals surface area contributed by atoms with Crippen LogP contribution in [0.25, 0.3) is 0 Å². The van der Waals surface area contributed by atoms with Gasteiger partial charge in [0.05, 0.1) is 17.9 Å². The molecule has 1 aromatic heterocycles. The maximum atomic E-state index is 14.4. The second kappa shape index (κ2) is 10.6. The summed E-state index contributed by atoms with van der Waals surface area (Å²) in [6.07, 6.45) is 4.46. The average molecular weight is 600 g/mol. The molecule has 12 nitrogen and oxygen atoms in total. The van der Waals surface area contributed by atoms with E-state index in [2.05, 4.69) is 15.6 Å². The number of anilines is 1. The number of carbonyl (C=O) groups excluding carboxylic acids is 4. The van der Waals surface area contributed by atoms with Gasteiger partial charge in [0.1, 0.15) is 29.6 Å². The Hall–Kier alpha value is -4.10. The topological polar surface area (TPSA) is 153 Å². The molecular formula is C29H35F2N7O5. The molecule has 6 rings (SSSR count). The van der Waals surface area contributed by atoms with Crippen LogP contribution in [0.1, 0.15) is 62.4 Å². The van der Waals surface area contributed by atoms with Gasteiger partial charge in [-0.3, -0.25) is 19.2 Å². The van der Waals surface area contributed by atoms with E-state index in [1.165, 1.54) is 9.80 Å². The van der Waals surface area contributed by atoms with Crippen molar-refractivity contribution >= 4 is 29.3 Å². The van der Waals surface area contributed by atoms with Crippen LogP contribution < -0.4 is 15.8 Å². The number of amides is 4. The van der Waals surface area contributed by atoms with E-state index in [-0.39, 0.29) is 36.2 Å². The van der Waals surface area contributed by atoms with Gasteiger partial charge >= 0.3 is 0 Å². The minimum atomic E-state index is -1.81. The van der Waals surface area contributed by atoms with Gasteiger partial charge in [-0.1, -0.05) is 30.9 Å². The molecule has 1 saturated heterocycles. The van der Waals surface area contributed by atoms with Crippen molar-refractivity contribution < 1.29 is 32.7 Å². The van der Waals surface area contributed by atoms with Crippen LogP contribution in [-0.2, 0) is 19.2 Å². The van der Waals surface area contributed by atoms with E-state index in [9.17, 15) is 28.0 Å². The lowest BCUT2D eigenvalue weighted by Crippen LogP contribution is -2.56. The first kappa shape index (κ1) is 29.0. The van der Waals surface area contributed by atoms with Crippen LogP contribution in [0, 0.1) is 37.3 Å². The van der Waals surface area contributed by atoms with E-state index >= 15 is 0 Å². The summed E-state index contributed by atoms with van der Waals surface area (Å²) < 4.78 is 35.9. The van der Waals surface area contributed by atoms with Crippen LogP contribution >= 0.6 is 0 Å². The zero-order valence-corrected chi connectivity index (χ0v) is 24.3. The largest absolute Gasteiger partial charge is 0.473 e. The second-order valence-electron chi connectivity index (χ2n) is 12.4. The number of fused-ring (bicyclic) bond motifs is 1. The third kappa shape index (κ3) is 5.31. The lowest BCUT2D eigenvalue weighted by Gasteiger charge is -2.36. The van der Waals surface area contributed by atoms with E-state index < -0.39 is 53.1 Å². The maximum absolute atomic E-state index is 14.4. The molecule has 2 aromatic rings. The molecule has 3 fully saturated rings. The van der Waals surface area contributed by atoms with Crippen molar-refractivity contribution in [2.24, 2.45) is 17.6 Å². The molecule has 3 heterocycles. The van der Waals surface area contributed by atoms with Crippen molar-refractivity contribution in [3.63, 3.8) is 0 Å². The molecule has 1 spiro atoms. The predicted molar refractivity (Wildman–Crippen MR) is 147 cm³/mol. The number of benzene rings is 1. The average Bonchev–Trinajstić information content (AvgIpc) is 3.89. The van der Waals surface area contributed by atoms with Crippen LogP contribution in [0.15, 0.2) is 12.1 Å². The van der Waals surface area contributed by atoms with Crippen molar-refractivity contribution in [1.29, 1.82) is 0 Å². The molecule has 4 amide bonds. The van der Waals surface area contributed by atoms with Crippen molar-refractivity contribution in [2.75, 3.05) is 18.9 Å². The predicted octanol–water partition coefficient (Wildman–Crippen LogP) is 2.00. The number of nitrogens with zero attached hydrogens (tertiary/aromatic N) is 5. The molecule has 2 unspecified atom stereocenters. The Labute approximate surface area is 246 Å². The van der Waals surface area contributed by atoms with Gasteiger partial charge in [0, 0.05) is 25.6 Å². The van der Waals surface area contributed by atoms with Gasteiger partial charge in [-0.25, -0.2) is 13.5 Å². The standard InChI is InChI=1S/C29H35F2N7O5/c1-14-15(2)38(35-34-14)21(9-17-6-7-17)26(40)36(3)20(8-16-4-5-16)27(41)37-13-29(12-22(37)25(32)39)28(42)33-24-19(31)10-18(30)11-23(24)43-29/h10-11,16-17,20-22H,4-9,12-13H2,1-3H3,(H2,32,39)(H,33,42)/t20?,21?,22-,29+/m0/s1. The monoisotopic (exact) mass is 599 g/mol. The molecular weight excluding hydrogens is 564 g/mol. The molecule has 0 radical (unpaired) electrons. The molecule has 2 aliphatic carbocycles. The number of rotatable bonds is 9. The molecule has 43 heavy (non-hydrogen) atoms. The van der Waals surface area contributed by atoms with Crippen molar-refractivity contribution in [3.05, 3.63) is 35.2 Å². The number of likely N-dealkylation sites (N-methyl/N-ethyl adjacent to an activating group) is 1. The number of nitrogens with two attached hydrogens (primary N) is 1. The number of carbonyl (C=O) groups is 4. The van der Waals surface area contributed by atoms with E-state index in [0.717, 1.165) is 37.4 Å². The molecule has 0 bridgehead atoms. The minimum Gasteiger partial charge on any atom is -0.473 e. The second-order valence-corrected chi connectivity index (χ2v) is 12.4. The number of hydrogen-bond acceptors (Lipinski definition) is 7. The molecule has 230 valence electrons. The summed E-state index contributed by atoms with van der Waals surface area (Å²) in [6.45, 7) is 3.28. The Morgan fingerprint density at radius 1 is 1.16 bits per heavy atom. The first-order chi connectivity index (χ1) is 20.4. The Bertz CT molecular complexity index is 1510. The number of nitrogens with one attached hydrogen (secondary N) is 1. The molecule has 2 aliphatic heterocycles. The summed E-state index contributed by atoms with van der Waals surface area (Å²) >= 11 is 0. The number of aromatic nitrogens is 3. The highest BCUT2D eigenvalue weighted by molar-refractivity contribution is 6.03. The summed E-state index contributed by atoms with van der Waals surface area (Å²) in [4.78, 5) is 56.9. The molecule has 3 N–H and O–H groups in total. The summed E-state index contributed by atoms with van der Waals surface area (Å²) in [5.74, 6) is -4.07. The van der Waals surface area contributed by atoms with Gasteiger partial charge in [0.2, 0.25) is 23.3 Å². The quantitative estimate of drug-likeness (QED) is 0.447. The third-order valence-corrected chi connectivity index (χ3v) is 9.26. The van der Waals surface area contributed by atoms with Gasteiger partial charge in [-0.05, 0) is 38.5 Å². The molecule has 4 aliphatic rings. The zero-order chi connectivity index (χ0) is 30.8. The SMILES string of the molecule is Cc1nnn(C(CC2CC2)C(=O)N(C)C(CC2CC2)C(=O)N2C[C@@]3(C[C@H]2C(N)=O)Oc2cc(F)cc(F)c2NC3=O)c1C. The van der Waals surface area contributed by atoms with E-state index in [1.54, 1.807) is 11.7 Å². The fourth-order valence-corrected chi connectivity index (χ4v) is 6.20. The van der Waals surface area contributed by atoms with Crippen LogP contribution in [0.2, 0.25) is 0 Å². The molecule has 14 heteroatoms. The Morgan fingerprint density at radius 2 is 1.84 bits per heavy atom. The van der Waals surface area contributed by atoms with Crippen LogP contribution in [0.5, 0.6) is 5.75 Å². The van der Waals surface area contributed by atoms with Crippen LogP contribution in [0.4, 0.5) is 14.5 Å². The molecule has 2 saturated carbocycles. The number of likely N-dealkylation sites (tertiary alicyclic amines) is 1. The number of halogens is 2. The van der Waals surface area contributed by atoms with Gasteiger partial charge in [-0.15, -0.1) is 5.10 Å². The van der Waals surface area contributed by atoms with Gasteiger partial charge in [0.15, 0.2) is 11.6 Å². The number of aryl methyl sites for hydroxylation is 1. The van der Waals surface area contributed by atoms with Crippen molar-refractivity contribution in [3.8, 4) is 5.75 Å². The van der Waals surface area contributed by atoms with Crippen LogP contribution in [-0.4, -0.2) is 79.7 Å². The lowest BCUT2D eigenvalue weighted by atomic mass is 9.96. The first-order valence-corrected chi connectivity index (χ1v) is 14.6. The van der Waals surface area contributed by atoms with Gasteiger partial charge in [0.25, 0.3) is 5.91 Å². The number of primary amides is 1. The highest BCUT2D eigenvalue weighted by Crippen LogP contribution is 2.43. The third-order valence-electron chi connectivity index (χ3n) is 9.26. The van der Waals surface area contributed by atoms with Crippen molar-refractivity contribution in [1.82, 2.24) is 24.8 Å². The zero-order valence-electron chi connectivity index (χ0n) is 24.3. The van der Waals surface area contributed by atoms with Gasteiger partial charge < -0.3 is 25.6 Å². The van der Waals surface area contributed by atoms with Crippen molar-refractivity contribution in [2.45, 2.75) is 82.5 Å². The number of hydrogen-bond donors (Lipinski definition) is 2. The first-order valence-electron chi connectivity index (χ1n) is 14.6. The summed E-state index contributed by atoms with van der Waals surface area (Å²) in [5.41, 5.74) is 5.06. The number of ether oxygens (including phenoxy) is 1. The molecule has 1 aromatic carbocycles. The van der Waals surface area contributed by atoms with E-state index in [4.69, 9.17) is 10.5 Å². The van der Waals surface area contributed by atoms with Crippen LogP contribution in [0.3, 0.4) is 0 Å². The summed E-state index contributed by atoms with van der Waals surface area (Å²) in [5, 5.41) is 10.8. The van der Waals surface area contributed by atoms with Gasteiger partial charge in [-0.2, -0.15) is 0 Å². The lowest BCUT2D eigenvalue weighted by molar-refractivity contribution is -0.149. The smallest absolute Gasteiger partial charge is 0.270 e. The Morgan fingerprint density at radius 3 is 2.44 bits per heavy atom. The summed E-state index contributed by atoms with van der Waals surface area (Å²) in [7, 11) is 1.57. The minimum absolute atomic E-state index is 0.220. The highest BCUT2D eigenvalue weighted by atomic mass is 19.1. The maximum Gasteiger partial charge on any atom is 0.270 e. The highest BCUT2D eigenvalue weighted by Gasteiger charge is 2.58. The molecule has 4 atom stereocenters. The Kier molecular flexibility index (Phi) is 7.12.